The molecule has 1 saturated carbocycles. The predicted molar refractivity (Wildman–Crippen MR) is 56.3 cm³/mol. The van der Waals surface area contributed by atoms with Crippen LogP contribution in [0.15, 0.2) is 0 Å². The molecule has 0 aromatic rings. The lowest BCUT2D eigenvalue weighted by molar-refractivity contribution is 0.195. The van der Waals surface area contributed by atoms with Crippen LogP contribution in [-0.2, 0) is 4.74 Å². The van der Waals surface area contributed by atoms with Crippen molar-refractivity contribution in [2.45, 2.75) is 31.1 Å². The lowest BCUT2D eigenvalue weighted by Crippen LogP contribution is -2.29. The molecule has 1 aliphatic carbocycles. The molecule has 0 bridgehead atoms. The van der Waals surface area contributed by atoms with Gasteiger partial charge in [0.2, 0.25) is 0 Å². The van der Waals surface area contributed by atoms with Crippen LogP contribution < -0.4 is 5.32 Å². The van der Waals surface area contributed by atoms with Gasteiger partial charge in [-0.05, 0) is 38.3 Å². The molecule has 13 heavy (non-hydrogen) atoms. The smallest absolute Gasteiger partial charge is 0.0626 e. The van der Waals surface area contributed by atoms with Crippen molar-refractivity contribution in [2.24, 2.45) is 5.92 Å². The molecule has 0 aromatic carbocycles. The molecule has 0 aliphatic heterocycles. The second-order valence-corrected chi connectivity index (χ2v) is 4.46. The third kappa shape index (κ3) is 4.84. The van der Waals surface area contributed by atoms with Gasteiger partial charge >= 0.3 is 0 Å². The molecule has 0 amide bonds. The topological polar surface area (TPSA) is 21.3 Å². The van der Waals surface area contributed by atoms with Gasteiger partial charge in [0.05, 0.1) is 12.0 Å². The quantitative estimate of drug-likeness (QED) is 0.507. The third-order valence-corrected chi connectivity index (χ3v) is 2.98. The Morgan fingerprint density at radius 1 is 1.54 bits per heavy atom. The first-order valence-electron chi connectivity index (χ1n) is 5.16. The van der Waals surface area contributed by atoms with Gasteiger partial charge in [0, 0.05) is 7.11 Å². The second kappa shape index (κ2) is 6.63. The molecule has 1 fully saturated rings. The van der Waals surface area contributed by atoms with E-state index in [9.17, 15) is 0 Å². The van der Waals surface area contributed by atoms with Crippen molar-refractivity contribution in [2.75, 3.05) is 26.8 Å². The molecule has 0 radical (unpaired) electrons. The Kier molecular flexibility index (Phi) is 5.76. The van der Waals surface area contributed by atoms with E-state index in [0.717, 1.165) is 18.9 Å². The van der Waals surface area contributed by atoms with Gasteiger partial charge in [-0.2, -0.15) is 0 Å². The van der Waals surface area contributed by atoms with Crippen LogP contribution in [0, 0.1) is 5.92 Å². The number of hydrogen-bond acceptors (Lipinski definition) is 2. The van der Waals surface area contributed by atoms with Crippen molar-refractivity contribution < 1.29 is 4.74 Å². The highest BCUT2D eigenvalue weighted by molar-refractivity contribution is 6.20. The number of alkyl halides is 1. The maximum atomic E-state index is 5.98. The van der Waals surface area contributed by atoms with Gasteiger partial charge in [-0.15, -0.1) is 11.6 Å². The zero-order chi connectivity index (χ0) is 9.52. The molecule has 0 spiro atoms. The van der Waals surface area contributed by atoms with E-state index >= 15 is 0 Å². The van der Waals surface area contributed by atoms with Crippen LogP contribution in [0.3, 0.4) is 0 Å². The van der Waals surface area contributed by atoms with Gasteiger partial charge in [0.25, 0.3) is 0 Å². The highest BCUT2D eigenvalue weighted by Crippen LogP contribution is 2.25. The second-order valence-electron chi connectivity index (χ2n) is 3.84. The van der Waals surface area contributed by atoms with Gasteiger partial charge < -0.3 is 10.1 Å². The number of halogens is 1. The average Bonchev–Trinajstić information content (AvgIpc) is 2.01. The Balaban J connectivity index is 1.82. The zero-order valence-corrected chi connectivity index (χ0v) is 9.15. The summed E-state index contributed by atoms with van der Waals surface area (Å²) in [5.74, 6) is 0.941. The molecule has 78 valence electrons. The number of nitrogens with one attached hydrogen (secondary N) is 1. The minimum absolute atomic E-state index is 0.166. The van der Waals surface area contributed by atoms with Crippen LogP contribution in [0.2, 0.25) is 0 Å². The average molecular weight is 206 g/mol. The van der Waals surface area contributed by atoms with E-state index < -0.39 is 0 Å². The Morgan fingerprint density at radius 3 is 2.85 bits per heavy atom. The molecule has 0 heterocycles. The summed E-state index contributed by atoms with van der Waals surface area (Å²) in [7, 11) is 1.69. The molecule has 1 aliphatic rings. The number of ether oxygens (including phenoxy) is 1. The maximum absolute atomic E-state index is 5.98. The van der Waals surface area contributed by atoms with Gasteiger partial charge in [-0.3, -0.25) is 0 Å². The molecular weight excluding hydrogens is 186 g/mol. The van der Waals surface area contributed by atoms with Crippen molar-refractivity contribution in [3.63, 3.8) is 0 Å². The Morgan fingerprint density at radius 2 is 2.31 bits per heavy atom. The molecule has 1 atom stereocenters. The monoisotopic (exact) mass is 205 g/mol. The van der Waals surface area contributed by atoms with E-state index in [4.69, 9.17) is 16.3 Å². The van der Waals surface area contributed by atoms with Crippen molar-refractivity contribution in [3.8, 4) is 0 Å². The highest BCUT2D eigenvalue weighted by Gasteiger charge is 2.16. The highest BCUT2D eigenvalue weighted by atomic mass is 35.5. The summed E-state index contributed by atoms with van der Waals surface area (Å²) in [5, 5.41) is 3.60. The summed E-state index contributed by atoms with van der Waals surface area (Å²) < 4.78 is 4.95. The fourth-order valence-corrected chi connectivity index (χ4v) is 1.76. The van der Waals surface area contributed by atoms with Crippen molar-refractivity contribution in [3.05, 3.63) is 0 Å². The van der Waals surface area contributed by atoms with E-state index in [-0.39, 0.29) is 5.38 Å². The van der Waals surface area contributed by atoms with Gasteiger partial charge in [0.15, 0.2) is 0 Å². The molecule has 1 unspecified atom stereocenters. The van der Waals surface area contributed by atoms with Crippen LogP contribution in [0.25, 0.3) is 0 Å². The number of hydrogen-bond donors (Lipinski definition) is 1. The van der Waals surface area contributed by atoms with Crippen LogP contribution in [0.4, 0.5) is 0 Å². The van der Waals surface area contributed by atoms with E-state index in [1.54, 1.807) is 7.11 Å². The molecule has 1 rings (SSSR count). The summed E-state index contributed by atoms with van der Waals surface area (Å²) >= 11 is 5.98. The summed E-state index contributed by atoms with van der Waals surface area (Å²) in [6.45, 7) is 2.86. The summed E-state index contributed by atoms with van der Waals surface area (Å²) in [4.78, 5) is 0. The van der Waals surface area contributed by atoms with Gasteiger partial charge in [-0.1, -0.05) is 6.42 Å². The standard InChI is InChI=1S/C10H20ClNO/c1-13-8-10(11)5-6-12-7-9-3-2-4-9/h9-10,12H,2-8H2,1H3. The van der Waals surface area contributed by atoms with Crippen LogP contribution >= 0.6 is 11.6 Å². The molecule has 0 saturated heterocycles. The number of rotatable bonds is 7. The first-order valence-corrected chi connectivity index (χ1v) is 5.60. The van der Waals surface area contributed by atoms with Crippen LogP contribution in [0.1, 0.15) is 25.7 Å². The van der Waals surface area contributed by atoms with Crippen molar-refractivity contribution >= 4 is 11.6 Å². The first kappa shape index (κ1) is 11.3. The Hall–Kier alpha value is 0.210. The Labute approximate surface area is 86.0 Å². The summed E-state index contributed by atoms with van der Waals surface area (Å²) in [6.07, 6.45) is 5.25. The fraction of sp³-hybridized carbons (Fsp3) is 1.00. The van der Waals surface area contributed by atoms with Crippen molar-refractivity contribution in [1.82, 2.24) is 5.32 Å². The summed E-state index contributed by atoms with van der Waals surface area (Å²) in [5.41, 5.74) is 0. The zero-order valence-electron chi connectivity index (χ0n) is 8.39. The molecule has 2 nitrogen and oxygen atoms in total. The van der Waals surface area contributed by atoms with Crippen LogP contribution in [0.5, 0.6) is 0 Å². The van der Waals surface area contributed by atoms with Gasteiger partial charge in [-0.25, -0.2) is 0 Å². The van der Waals surface area contributed by atoms with E-state index in [0.29, 0.717) is 6.61 Å². The van der Waals surface area contributed by atoms with Crippen LogP contribution in [-0.4, -0.2) is 32.2 Å². The third-order valence-electron chi connectivity index (χ3n) is 2.64. The Bertz CT molecular complexity index is 128. The fourth-order valence-electron chi connectivity index (χ4n) is 1.53. The minimum Gasteiger partial charge on any atom is -0.383 e. The molecule has 0 aromatic heterocycles. The first-order chi connectivity index (χ1) is 6.33. The normalized spacial score (nSPS) is 19.8. The maximum Gasteiger partial charge on any atom is 0.0626 e. The summed E-state index contributed by atoms with van der Waals surface area (Å²) in [6, 6.07) is 0. The largest absolute Gasteiger partial charge is 0.383 e. The van der Waals surface area contributed by atoms with E-state index in [2.05, 4.69) is 5.32 Å². The SMILES string of the molecule is COCC(Cl)CCNCC1CCC1. The lowest BCUT2D eigenvalue weighted by Gasteiger charge is -2.25. The lowest BCUT2D eigenvalue weighted by atomic mass is 9.85. The van der Waals surface area contributed by atoms with Crippen molar-refractivity contribution in [1.29, 1.82) is 0 Å². The minimum atomic E-state index is 0.166. The van der Waals surface area contributed by atoms with Gasteiger partial charge in [0.1, 0.15) is 0 Å². The molecule has 1 N–H and O–H groups in total. The molecule has 3 heteroatoms. The van der Waals surface area contributed by atoms with E-state index in [1.807, 2.05) is 0 Å². The predicted octanol–water partition coefficient (Wildman–Crippen LogP) is 2.02. The van der Waals surface area contributed by atoms with E-state index in [1.165, 1.54) is 25.8 Å². The molecular formula is C10H20ClNO. The number of methoxy groups -OCH3 is 1.